The van der Waals surface area contributed by atoms with E-state index in [1.807, 2.05) is 0 Å². The molecule has 2 unspecified atom stereocenters. The fourth-order valence-corrected chi connectivity index (χ4v) is 2.40. The predicted octanol–water partition coefficient (Wildman–Crippen LogP) is 3.47. The van der Waals surface area contributed by atoms with E-state index < -0.39 is 0 Å². The topological polar surface area (TPSA) is 17.1 Å². The lowest BCUT2D eigenvalue weighted by Gasteiger charge is -2.28. The molecule has 2 atom stereocenters. The zero-order chi connectivity index (χ0) is 10.8. The standard InChI is InChI=1S/C14H18O/c1-10-3-6-12(7-4-10)14-9-13(15)8-5-11(14)2/h3-4,6-7,11,14H,5,8-9H2,1-2H3. The van der Waals surface area contributed by atoms with Crippen molar-refractivity contribution in [2.45, 2.75) is 39.0 Å². The van der Waals surface area contributed by atoms with E-state index in [9.17, 15) is 4.79 Å². The first-order chi connectivity index (χ1) is 7.16. The number of carbonyl (C=O) groups excluding carboxylic acids is 1. The minimum Gasteiger partial charge on any atom is -0.300 e. The minimum absolute atomic E-state index is 0.429. The third kappa shape index (κ3) is 2.28. The van der Waals surface area contributed by atoms with Crippen LogP contribution >= 0.6 is 0 Å². The van der Waals surface area contributed by atoms with Gasteiger partial charge in [0.1, 0.15) is 5.78 Å². The van der Waals surface area contributed by atoms with Crippen molar-refractivity contribution < 1.29 is 4.79 Å². The zero-order valence-electron chi connectivity index (χ0n) is 9.49. The Morgan fingerprint density at radius 1 is 1.20 bits per heavy atom. The van der Waals surface area contributed by atoms with Crippen molar-refractivity contribution >= 4 is 5.78 Å². The van der Waals surface area contributed by atoms with E-state index in [-0.39, 0.29) is 0 Å². The third-order valence-electron chi connectivity index (χ3n) is 3.52. The van der Waals surface area contributed by atoms with Crippen LogP contribution < -0.4 is 0 Å². The van der Waals surface area contributed by atoms with Crippen LogP contribution in [-0.4, -0.2) is 5.78 Å². The summed E-state index contributed by atoms with van der Waals surface area (Å²) in [6.07, 6.45) is 2.57. The smallest absolute Gasteiger partial charge is 0.133 e. The van der Waals surface area contributed by atoms with Crippen molar-refractivity contribution in [2.24, 2.45) is 5.92 Å². The molecule has 2 rings (SSSR count). The van der Waals surface area contributed by atoms with Gasteiger partial charge in [0.05, 0.1) is 0 Å². The highest BCUT2D eigenvalue weighted by Crippen LogP contribution is 2.35. The average Bonchev–Trinajstić information content (AvgIpc) is 2.23. The molecule has 0 amide bonds. The summed E-state index contributed by atoms with van der Waals surface area (Å²) >= 11 is 0. The van der Waals surface area contributed by atoms with Gasteiger partial charge in [0, 0.05) is 12.8 Å². The summed E-state index contributed by atoms with van der Waals surface area (Å²) in [6, 6.07) is 8.63. The number of benzene rings is 1. The van der Waals surface area contributed by atoms with Crippen LogP contribution in [0.5, 0.6) is 0 Å². The molecule has 15 heavy (non-hydrogen) atoms. The maximum Gasteiger partial charge on any atom is 0.133 e. The van der Waals surface area contributed by atoms with E-state index >= 15 is 0 Å². The largest absolute Gasteiger partial charge is 0.300 e. The zero-order valence-corrected chi connectivity index (χ0v) is 9.49. The Kier molecular flexibility index (Phi) is 2.90. The number of ketones is 1. The van der Waals surface area contributed by atoms with Gasteiger partial charge in [0.2, 0.25) is 0 Å². The van der Waals surface area contributed by atoms with E-state index in [4.69, 9.17) is 0 Å². The Morgan fingerprint density at radius 2 is 1.87 bits per heavy atom. The molecular formula is C14H18O. The second kappa shape index (κ2) is 4.18. The molecule has 0 radical (unpaired) electrons. The van der Waals surface area contributed by atoms with Gasteiger partial charge in [-0.15, -0.1) is 0 Å². The predicted molar refractivity (Wildman–Crippen MR) is 61.9 cm³/mol. The molecule has 1 nitrogen and oxygen atoms in total. The lowest BCUT2D eigenvalue weighted by Crippen LogP contribution is -2.21. The van der Waals surface area contributed by atoms with Crippen molar-refractivity contribution in [3.05, 3.63) is 35.4 Å². The molecule has 0 heterocycles. The quantitative estimate of drug-likeness (QED) is 0.681. The van der Waals surface area contributed by atoms with Crippen LogP contribution in [0.15, 0.2) is 24.3 Å². The van der Waals surface area contributed by atoms with Crippen LogP contribution in [0.25, 0.3) is 0 Å². The van der Waals surface area contributed by atoms with E-state index in [0.29, 0.717) is 17.6 Å². The first-order valence-corrected chi connectivity index (χ1v) is 5.75. The Balaban J connectivity index is 2.21. The monoisotopic (exact) mass is 202 g/mol. The van der Waals surface area contributed by atoms with E-state index in [1.54, 1.807) is 0 Å². The molecule has 1 fully saturated rings. The molecular weight excluding hydrogens is 184 g/mol. The average molecular weight is 202 g/mol. The second-order valence-corrected chi connectivity index (χ2v) is 4.78. The Labute approximate surface area is 91.5 Å². The van der Waals surface area contributed by atoms with Crippen molar-refractivity contribution in [3.8, 4) is 0 Å². The number of rotatable bonds is 1. The third-order valence-corrected chi connectivity index (χ3v) is 3.52. The van der Waals surface area contributed by atoms with E-state index in [0.717, 1.165) is 19.3 Å². The Bertz CT molecular complexity index is 350. The summed E-state index contributed by atoms with van der Waals surface area (Å²) in [7, 11) is 0. The van der Waals surface area contributed by atoms with Crippen LogP contribution in [0, 0.1) is 12.8 Å². The fraction of sp³-hybridized carbons (Fsp3) is 0.500. The van der Waals surface area contributed by atoms with Gasteiger partial charge in [-0.2, -0.15) is 0 Å². The van der Waals surface area contributed by atoms with Crippen LogP contribution in [0.2, 0.25) is 0 Å². The van der Waals surface area contributed by atoms with Gasteiger partial charge in [-0.3, -0.25) is 4.79 Å². The molecule has 1 aliphatic rings. The van der Waals surface area contributed by atoms with E-state index in [2.05, 4.69) is 38.1 Å². The summed E-state index contributed by atoms with van der Waals surface area (Å²) in [5.74, 6) is 1.52. The molecule has 1 heteroatoms. The lowest BCUT2D eigenvalue weighted by molar-refractivity contribution is -0.121. The van der Waals surface area contributed by atoms with Gasteiger partial charge < -0.3 is 0 Å². The molecule has 0 aliphatic heterocycles. The van der Waals surface area contributed by atoms with Crippen molar-refractivity contribution in [3.63, 3.8) is 0 Å². The van der Waals surface area contributed by atoms with Gasteiger partial charge in [0.25, 0.3) is 0 Å². The summed E-state index contributed by atoms with van der Waals surface area (Å²) in [6.45, 7) is 4.36. The maximum atomic E-state index is 11.5. The first-order valence-electron chi connectivity index (χ1n) is 5.75. The second-order valence-electron chi connectivity index (χ2n) is 4.78. The molecule has 1 aliphatic carbocycles. The molecule has 0 N–H and O–H groups in total. The van der Waals surface area contributed by atoms with Gasteiger partial charge >= 0.3 is 0 Å². The molecule has 0 saturated heterocycles. The van der Waals surface area contributed by atoms with Gasteiger partial charge in [0.15, 0.2) is 0 Å². The lowest BCUT2D eigenvalue weighted by atomic mass is 9.76. The Hall–Kier alpha value is -1.11. The number of Topliss-reactive ketones (excluding diaryl/α,β-unsaturated/α-hetero) is 1. The maximum absolute atomic E-state index is 11.5. The highest BCUT2D eigenvalue weighted by molar-refractivity contribution is 5.80. The minimum atomic E-state index is 0.429. The molecule has 1 saturated carbocycles. The SMILES string of the molecule is Cc1ccc(C2CC(=O)CCC2C)cc1. The molecule has 0 aromatic heterocycles. The number of aryl methyl sites for hydroxylation is 1. The number of hydrogen-bond acceptors (Lipinski definition) is 1. The van der Waals surface area contributed by atoms with Gasteiger partial charge in [-0.1, -0.05) is 36.8 Å². The number of hydrogen-bond donors (Lipinski definition) is 0. The normalized spacial score (nSPS) is 26.7. The molecule has 1 aromatic rings. The van der Waals surface area contributed by atoms with Crippen LogP contribution in [0.1, 0.15) is 43.2 Å². The number of carbonyl (C=O) groups is 1. The Morgan fingerprint density at radius 3 is 2.53 bits per heavy atom. The van der Waals surface area contributed by atoms with E-state index in [1.165, 1.54) is 11.1 Å². The van der Waals surface area contributed by atoms with Gasteiger partial charge in [-0.25, -0.2) is 0 Å². The highest BCUT2D eigenvalue weighted by Gasteiger charge is 2.27. The molecule has 0 bridgehead atoms. The summed E-state index contributed by atoms with van der Waals surface area (Å²) in [5, 5.41) is 0. The van der Waals surface area contributed by atoms with Crippen LogP contribution in [0.3, 0.4) is 0 Å². The van der Waals surface area contributed by atoms with Crippen LogP contribution in [0.4, 0.5) is 0 Å². The molecule has 0 spiro atoms. The van der Waals surface area contributed by atoms with Crippen molar-refractivity contribution in [1.82, 2.24) is 0 Å². The summed E-state index contributed by atoms with van der Waals surface area (Å²) in [4.78, 5) is 11.5. The van der Waals surface area contributed by atoms with Crippen molar-refractivity contribution in [1.29, 1.82) is 0 Å². The molecule has 80 valence electrons. The highest BCUT2D eigenvalue weighted by atomic mass is 16.1. The molecule has 1 aromatic carbocycles. The first kappa shape index (κ1) is 10.4. The summed E-state index contributed by atoms with van der Waals surface area (Å²) in [5.41, 5.74) is 2.62. The summed E-state index contributed by atoms with van der Waals surface area (Å²) < 4.78 is 0. The fourth-order valence-electron chi connectivity index (χ4n) is 2.40. The van der Waals surface area contributed by atoms with Gasteiger partial charge in [-0.05, 0) is 30.7 Å². The van der Waals surface area contributed by atoms with Crippen molar-refractivity contribution in [2.75, 3.05) is 0 Å². The van der Waals surface area contributed by atoms with Crippen LogP contribution in [-0.2, 0) is 4.79 Å².